The molecule has 4 aromatic rings. The molecule has 0 unspecified atom stereocenters. The third-order valence-electron chi connectivity index (χ3n) is 5.12. The van der Waals surface area contributed by atoms with Gasteiger partial charge in [0.05, 0.1) is 4.90 Å². The van der Waals surface area contributed by atoms with Crippen molar-refractivity contribution >= 4 is 33.3 Å². The molecule has 8 nitrogen and oxygen atoms in total. The van der Waals surface area contributed by atoms with Crippen molar-refractivity contribution in [1.29, 1.82) is 0 Å². The van der Waals surface area contributed by atoms with E-state index in [-0.39, 0.29) is 17.3 Å². The number of amides is 1. The number of nitrogens with zero attached hydrogens (tertiary/aromatic N) is 2. The number of aryl methyl sites for hydroxylation is 2. The Balaban J connectivity index is 1.36. The van der Waals surface area contributed by atoms with E-state index >= 15 is 0 Å². The molecule has 1 aromatic heterocycles. The molecule has 0 aliphatic heterocycles. The van der Waals surface area contributed by atoms with Gasteiger partial charge < -0.3 is 10.6 Å². The first-order valence-electron chi connectivity index (χ1n) is 10.9. The number of anilines is 3. The molecule has 3 N–H and O–H groups in total. The van der Waals surface area contributed by atoms with Crippen molar-refractivity contribution in [3.05, 3.63) is 107 Å². The molecule has 178 valence electrons. The predicted octanol–water partition coefficient (Wildman–Crippen LogP) is 4.57. The largest absolute Gasteiger partial charge is 0.324 e. The smallest absolute Gasteiger partial charge is 0.255 e. The molecule has 0 saturated carbocycles. The molecule has 1 amide bonds. The summed E-state index contributed by atoms with van der Waals surface area (Å²) in [6.07, 6.45) is 0. The molecular formula is C26H25N5O3S. The second-order valence-corrected chi connectivity index (χ2v) is 9.73. The molecule has 0 saturated heterocycles. The van der Waals surface area contributed by atoms with Gasteiger partial charge in [-0.2, -0.15) is 0 Å². The van der Waals surface area contributed by atoms with Gasteiger partial charge >= 0.3 is 0 Å². The molecule has 0 aliphatic carbocycles. The van der Waals surface area contributed by atoms with E-state index in [1.807, 2.05) is 50.2 Å². The van der Waals surface area contributed by atoms with Crippen molar-refractivity contribution in [2.75, 3.05) is 10.6 Å². The lowest BCUT2D eigenvalue weighted by atomic mass is 10.2. The van der Waals surface area contributed by atoms with Gasteiger partial charge in [0, 0.05) is 34.9 Å². The topological polar surface area (TPSA) is 113 Å². The summed E-state index contributed by atoms with van der Waals surface area (Å²) in [5.41, 5.74) is 4.29. The quantitative estimate of drug-likeness (QED) is 0.336. The highest BCUT2D eigenvalue weighted by atomic mass is 32.2. The van der Waals surface area contributed by atoms with Crippen LogP contribution in [-0.4, -0.2) is 24.3 Å². The molecule has 0 atom stereocenters. The minimum atomic E-state index is -3.67. The molecule has 9 heteroatoms. The van der Waals surface area contributed by atoms with E-state index in [9.17, 15) is 13.2 Å². The molecule has 0 radical (unpaired) electrons. The van der Waals surface area contributed by atoms with Crippen LogP contribution in [0.3, 0.4) is 0 Å². The van der Waals surface area contributed by atoms with E-state index in [4.69, 9.17) is 0 Å². The Morgan fingerprint density at radius 1 is 0.800 bits per heavy atom. The van der Waals surface area contributed by atoms with Gasteiger partial charge in [-0.15, -0.1) is 0 Å². The predicted molar refractivity (Wildman–Crippen MR) is 136 cm³/mol. The van der Waals surface area contributed by atoms with Crippen LogP contribution in [0.2, 0.25) is 0 Å². The zero-order valence-electron chi connectivity index (χ0n) is 19.3. The van der Waals surface area contributed by atoms with Crippen molar-refractivity contribution in [1.82, 2.24) is 14.7 Å². The average Bonchev–Trinajstić information content (AvgIpc) is 2.84. The monoisotopic (exact) mass is 487 g/mol. The SMILES string of the molecule is Cc1cc(C)nc(Nc2ccc(C(=O)Nc3ccc(S(=O)(=O)NCc4ccccc4)cc3)cc2)n1. The third kappa shape index (κ3) is 6.50. The van der Waals surface area contributed by atoms with Crippen molar-refractivity contribution in [3.8, 4) is 0 Å². The zero-order chi connectivity index (χ0) is 24.8. The molecule has 1 heterocycles. The number of benzene rings is 3. The highest BCUT2D eigenvalue weighted by Gasteiger charge is 2.14. The van der Waals surface area contributed by atoms with E-state index in [1.54, 1.807) is 36.4 Å². The maximum atomic E-state index is 12.6. The summed E-state index contributed by atoms with van der Waals surface area (Å²) in [6.45, 7) is 4.00. The minimum Gasteiger partial charge on any atom is -0.324 e. The van der Waals surface area contributed by atoms with E-state index in [1.165, 1.54) is 12.1 Å². The fourth-order valence-electron chi connectivity index (χ4n) is 3.39. The maximum absolute atomic E-state index is 12.6. The van der Waals surface area contributed by atoms with Crippen LogP contribution in [0.25, 0.3) is 0 Å². The van der Waals surface area contributed by atoms with Gasteiger partial charge in [0.25, 0.3) is 5.91 Å². The number of carbonyl (C=O) groups is 1. The Hall–Kier alpha value is -4.08. The summed E-state index contributed by atoms with van der Waals surface area (Å²) < 4.78 is 27.7. The third-order valence-corrected chi connectivity index (χ3v) is 6.53. The first-order chi connectivity index (χ1) is 16.8. The summed E-state index contributed by atoms with van der Waals surface area (Å²) >= 11 is 0. The normalized spacial score (nSPS) is 11.1. The van der Waals surface area contributed by atoms with Crippen LogP contribution in [0.5, 0.6) is 0 Å². The molecular weight excluding hydrogens is 462 g/mol. The number of carbonyl (C=O) groups excluding carboxylic acids is 1. The molecule has 4 rings (SSSR count). The van der Waals surface area contributed by atoms with Crippen LogP contribution in [0.4, 0.5) is 17.3 Å². The summed E-state index contributed by atoms with van der Waals surface area (Å²) in [5.74, 6) is 0.185. The van der Waals surface area contributed by atoms with Crippen molar-refractivity contribution in [3.63, 3.8) is 0 Å². The van der Waals surface area contributed by atoms with Crippen molar-refractivity contribution in [2.45, 2.75) is 25.3 Å². The number of hydrogen-bond acceptors (Lipinski definition) is 6. The molecule has 0 spiro atoms. The van der Waals surface area contributed by atoms with E-state index in [0.29, 0.717) is 17.2 Å². The lowest BCUT2D eigenvalue weighted by molar-refractivity contribution is 0.102. The first-order valence-corrected chi connectivity index (χ1v) is 12.4. The second-order valence-electron chi connectivity index (χ2n) is 7.97. The average molecular weight is 488 g/mol. The summed E-state index contributed by atoms with van der Waals surface area (Å²) in [5, 5.41) is 5.91. The van der Waals surface area contributed by atoms with E-state index < -0.39 is 10.0 Å². The minimum absolute atomic E-state index is 0.121. The molecule has 0 bridgehead atoms. The summed E-state index contributed by atoms with van der Waals surface area (Å²) in [7, 11) is -3.67. The molecule has 0 fully saturated rings. The lowest BCUT2D eigenvalue weighted by Gasteiger charge is -2.10. The van der Waals surface area contributed by atoms with Gasteiger partial charge in [0.15, 0.2) is 0 Å². The highest BCUT2D eigenvalue weighted by molar-refractivity contribution is 7.89. The van der Waals surface area contributed by atoms with Crippen LogP contribution in [0.15, 0.2) is 89.8 Å². The number of hydrogen-bond donors (Lipinski definition) is 3. The fraction of sp³-hybridized carbons (Fsp3) is 0.115. The fourth-order valence-corrected chi connectivity index (χ4v) is 4.41. The van der Waals surface area contributed by atoms with Crippen LogP contribution in [0, 0.1) is 13.8 Å². The molecule has 35 heavy (non-hydrogen) atoms. The number of aromatic nitrogens is 2. The molecule has 0 aliphatic rings. The number of rotatable bonds is 8. The summed E-state index contributed by atoms with van der Waals surface area (Å²) in [6, 6.07) is 24.1. The van der Waals surface area contributed by atoms with Gasteiger partial charge in [-0.3, -0.25) is 4.79 Å². The van der Waals surface area contributed by atoms with Gasteiger partial charge in [0.1, 0.15) is 0 Å². The Morgan fingerprint density at radius 2 is 1.40 bits per heavy atom. The Morgan fingerprint density at radius 3 is 2.03 bits per heavy atom. The summed E-state index contributed by atoms with van der Waals surface area (Å²) in [4.78, 5) is 21.4. The Kier molecular flexibility index (Phi) is 7.19. The van der Waals surface area contributed by atoms with Crippen molar-refractivity contribution < 1.29 is 13.2 Å². The maximum Gasteiger partial charge on any atom is 0.255 e. The van der Waals surface area contributed by atoms with Crippen LogP contribution < -0.4 is 15.4 Å². The van der Waals surface area contributed by atoms with Gasteiger partial charge in [-0.25, -0.2) is 23.1 Å². The van der Waals surface area contributed by atoms with Gasteiger partial charge in [-0.05, 0) is 74.0 Å². The van der Waals surface area contributed by atoms with E-state index in [0.717, 1.165) is 22.6 Å². The van der Waals surface area contributed by atoms with Crippen molar-refractivity contribution in [2.24, 2.45) is 0 Å². The van der Waals surface area contributed by atoms with Gasteiger partial charge in [0.2, 0.25) is 16.0 Å². The van der Waals surface area contributed by atoms with E-state index in [2.05, 4.69) is 25.3 Å². The number of sulfonamides is 1. The van der Waals surface area contributed by atoms with Gasteiger partial charge in [-0.1, -0.05) is 30.3 Å². The second kappa shape index (κ2) is 10.5. The first kappa shape index (κ1) is 24.1. The van der Waals surface area contributed by atoms with Crippen LogP contribution in [-0.2, 0) is 16.6 Å². The number of nitrogens with one attached hydrogen (secondary N) is 3. The highest BCUT2D eigenvalue weighted by Crippen LogP contribution is 2.18. The Bertz CT molecular complexity index is 1400. The lowest BCUT2D eigenvalue weighted by Crippen LogP contribution is -2.23. The van der Waals surface area contributed by atoms with Crippen LogP contribution in [0.1, 0.15) is 27.3 Å². The zero-order valence-corrected chi connectivity index (χ0v) is 20.1. The Labute approximate surface area is 204 Å². The van der Waals surface area contributed by atoms with Crippen LogP contribution >= 0.6 is 0 Å². The molecule has 3 aromatic carbocycles. The standard InChI is InChI=1S/C26H25N5O3S/c1-18-16-19(2)29-26(28-18)31-23-10-8-21(9-11-23)25(32)30-22-12-14-24(15-13-22)35(33,34)27-17-20-6-4-3-5-7-20/h3-16,27H,17H2,1-2H3,(H,30,32)(H,28,29,31).